The van der Waals surface area contributed by atoms with Gasteiger partial charge in [-0.05, 0) is 32.4 Å². The zero-order chi connectivity index (χ0) is 12.0. The quantitative estimate of drug-likeness (QED) is 0.715. The molecule has 0 radical (unpaired) electrons. The van der Waals surface area contributed by atoms with Gasteiger partial charge in [-0.3, -0.25) is 9.98 Å². The normalized spacial score (nSPS) is 15.2. The highest BCUT2D eigenvalue weighted by Gasteiger charge is 2.07. The van der Waals surface area contributed by atoms with Crippen molar-refractivity contribution in [3.63, 3.8) is 0 Å². The van der Waals surface area contributed by atoms with Gasteiger partial charge >= 0.3 is 0 Å². The van der Waals surface area contributed by atoms with Crippen LogP contribution >= 0.6 is 0 Å². The van der Waals surface area contributed by atoms with Gasteiger partial charge in [0.15, 0.2) is 0 Å². The Bertz CT molecular complexity index is 350. The standard InChI is InChI=1S/C13H20N2O/c1-5-16-12(4)15-9-11(3)13-10(2)7-6-8-14-13/h6-9,11-12H,5H2,1-4H3/b15-9+. The Morgan fingerprint density at radius 3 is 2.88 bits per heavy atom. The number of ether oxygens (including phenoxy) is 1. The summed E-state index contributed by atoms with van der Waals surface area (Å²) in [5.74, 6) is 0.226. The van der Waals surface area contributed by atoms with E-state index in [0.717, 1.165) is 5.69 Å². The van der Waals surface area contributed by atoms with Crippen molar-refractivity contribution in [1.82, 2.24) is 4.98 Å². The van der Waals surface area contributed by atoms with E-state index < -0.39 is 0 Å². The van der Waals surface area contributed by atoms with Gasteiger partial charge < -0.3 is 4.74 Å². The molecule has 1 rings (SSSR count). The Labute approximate surface area is 97.6 Å². The van der Waals surface area contributed by atoms with Crippen LogP contribution in [0.1, 0.15) is 37.9 Å². The van der Waals surface area contributed by atoms with Gasteiger partial charge in [0.2, 0.25) is 0 Å². The second kappa shape index (κ2) is 6.38. The highest BCUT2D eigenvalue weighted by molar-refractivity contribution is 5.67. The van der Waals surface area contributed by atoms with Crippen LogP contribution in [0.4, 0.5) is 0 Å². The molecule has 1 aromatic rings. The molecule has 3 nitrogen and oxygen atoms in total. The van der Waals surface area contributed by atoms with E-state index in [1.807, 2.05) is 32.3 Å². The van der Waals surface area contributed by atoms with Gasteiger partial charge in [0.1, 0.15) is 6.23 Å². The third-order valence-electron chi connectivity index (χ3n) is 2.41. The minimum absolute atomic E-state index is 0.0727. The van der Waals surface area contributed by atoms with Crippen molar-refractivity contribution >= 4 is 6.21 Å². The number of aromatic nitrogens is 1. The van der Waals surface area contributed by atoms with Crippen LogP contribution in [0.3, 0.4) is 0 Å². The molecule has 1 aromatic heterocycles. The first-order chi connectivity index (χ1) is 7.65. The van der Waals surface area contributed by atoms with E-state index in [1.165, 1.54) is 5.56 Å². The summed E-state index contributed by atoms with van der Waals surface area (Å²) in [6.07, 6.45) is 3.66. The zero-order valence-corrected chi connectivity index (χ0v) is 10.5. The molecule has 2 atom stereocenters. The average Bonchev–Trinajstić information content (AvgIpc) is 2.27. The van der Waals surface area contributed by atoms with Gasteiger partial charge in [-0.15, -0.1) is 0 Å². The molecule has 0 bridgehead atoms. The van der Waals surface area contributed by atoms with Crippen molar-refractivity contribution in [3.8, 4) is 0 Å². The lowest BCUT2D eigenvalue weighted by molar-refractivity contribution is 0.0833. The van der Waals surface area contributed by atoms with Crippen molar-refractivity contribution in [3.05, 3.63) is 29.6 Å². The van der Waals surface area contributed by atoms with E-state index in [0.29, 0.717) is 6.61 Å². The van der Waals surface area contributed by atoms with Crippen molar-refractivity contribution in [1.29, 1.82) is 0 Å². The Kier molecular flexibility index (Phi) is 5.12. The summed E-state index contributed by atoms with van der Waals surface area (Å²) < 4.78 is 5.34. The van der Waals surface area contributed by atoms with Crippen LogP contribution in [-0.4, -0.2) is 24.0 Å². The molecule has 1 heterocycles. The highest BCUT2D eigenvalue weighted by Crippen LogP contribution is 2.14. The Morgan fingerprint density at radius 2 is 2.25 bits per heavy atom. The maximum Gasteiger partial charge on any atom is 0.145 e. The number of nitrogens with zero attached hydrogens (tertiary/aromatic N) is 2. The smallest absolute Gasteiger partial charge is 0.145 e. The van der Waals surface area contributed by atoms with E-state index in [2.05, 4.69) is 29.9 Å². The number of rotatable bonds is 5. The predicted molar refractivity (Wildman–Crippen MR) is 67.0 cm³/mol. The van der Waals surface area contributed by atoms with E-state index in [1.54, 1.807) is 0 Å². The van der Waals surface area contributed by atoms with Gasteiger partial charge in [-0.25, -0.2) is 0 Å². The lowest BCUT2D eigenvalue weighted by Gasteiger charge is -2.10. The minimum atomic E-state index is -0.0727. The molecule has 3 heteroatoms. The van der Waals surface area contributed by atoms with E-state index in [-0.39, 0.29) is 12.1 Å². The van der Waals surface area contributed by atoms with Gasteiger partial charge in [0.25, 0.3) is 0 Å². The molecule has 88 valence electrons. The third-order valence-corrected chi connectivity index (χ3v) is 2.41. The van der Waals surface area contributed by atoms with Gasteiger partial charge in [-0.1, -0.05) is 13.0 Å². The van der Waals surface area contributed by atoms with Gasteiger partial charge in [0.05, 0.1) is 5.69 Å². The summed E-state index contributed by atoms with van der Waals surface area (Å²) in [7, 11) is 0. The molecular weight excluding hydrogens is 200 g/mol. The molecule has 0 aliphatic heterocycles. The third kappa shape index (κ3) is 3.74. The lowest BCUT2D eigenvalue weighted by Crippen LogP contribution is -2.07. The fourth-order valence-corrected chi connectivity index (χ4v) is 1.58. The summed E-state index contributed by atoms with van der Waals surface area (Å²) in [6, 6.07) is 4.02. The minimum Gasteiger partial charge on any atom is -0.357 e. The number of hydrogen-bond acceptors (Lipinski definition) is 3. The second-order valence-electron chi connectivity index (χ2n) is 3.85. The van der Waals surface area contributed by atoms with Crippen molar-refractivity contribution in [2.75, 3.05) is 6.61 Å². The fraction of sp³-hybridized carbons (Fsp3) is 0.538. The molecule has 0 N–H and O–H groups in total. The zero-order valence-electron chi connectivity index (χ0n) is 10.5. The largest absolute Gasteiger partial charge is 0.357 e. The molecule has 0 aromatic carbocycles. The number of hydrogen-bond donors (Lipinski definition) is 0. The lowest BCUT2D eigenvalue weighted by atomic mass is 10.0. The molecule has 0 aliphatic rings. The van der Waals surface area contributed by atoms with Gasteiger partial charge in [0, 0.05) is 24.9 Å². The van der Waals surface area contributed by atoms with Crippen LogP contribution in [0.15, 0.2) is 23.3 Å². The fourth-order valence-electron chi connectivity index (χ4n) is 1.58. The summed E-state index contributed by atoms with van der Waals surface area (Å²) in [4.78, 5) is 8.71. The van der Waals surface area contributed by atoms with Crippen molar-refractivity contribution in [2.45, 2.75) is 39.8 Å². The SMILES string of the molecule is CCOC(C)/N=C/C(C)c1ncccc1C. The Balaban J connectivity index is 2.65. The topological polar surface area (TPSA) is 34.5 Å². The molecule has 2 unspecified atom stereocenters. The monoisotopic (exact) mass is 220 g/mol. The molecule has 0 amide bonds. The first-order valence-electron chi connectivity index (χ1n) is 5.71. The second-order valence-corrected chi connectivity index (χ2v) is 3.85. The summed E-state index contributed by atoms with van der Waals surface area (Å²) >= 11 is 0. The molecular formula is C13H20N2O. The van der Waals surface area contributed by atoms with Crippen LogP contribution in [0.5, 0.6) is 0 Å². The average molecular weight is 220 g/mol. The summed E-state index contributed by atoms with van der Waals surface area (Å²) in [6.45, 7) is 8.77. The molecule has 0 saturated heterocycles. The molecule has 0 aliphatic carbocycles. The number of aliphatic imine (C=N–C) groups is 1. The number of pyridine rings is 1. The highest BCUT2D eigenvalue weighted by atomic mass is 16.5. The maximum absolute atomic E-state index is 5.34. The predicted octanol–water partition coefficient (Wildman–Crippen LogP) is 2.95. The first kappa shape index (κ1) is 12.8. The molecule has 0 spiro atoms. The van der Waals surface area contributed by atoms with Crippen LogP contribution in [0.25, 0.3) is 0 Å². The summed E-state index contributed by atoms with van der Waals surface area (Å²) in [5.41, 5.74) is 2.28. The van der Waals surface area contributed by atoms with Crippen LogP contribution in [0.2, 0.25) is 0 Å². The van der Waals surface area contributed by atoms with Crippen molar-refractivity contribution in [2.24, 2.45) is 4.99 Å². The van der Waals surface area contributed by atoms with E-state index in [4.69, 9.17) is 4.74 Å². The molecule has 0 saturated carbocycles. The van der Waals surface area contributed by atoms with Crippen LogP contribution < -0.4 is 0 Å². The van der Waals surface area contributed by atoms with Crippen LogP contribution in [-0.2, 0) is 4.74 Å². The number of aryl methyl sites for hydroxylation is 1. The maximum atomic E-state index is 5.34. The summed E-state index contributed by atoms with van der Waals surface area (Å²) in [5, 5.41) is 0. The molecule has 16 heavy (non-hydrogen) atoms. The Hall–Kier alpha value is -1.22. The van der Waals surface area contributed by atoms with E-state index in [9.17, 15) is 0 Å². The van der Waals surface area contributed by atoms with Crippen LogP contribution in [0, 0.1) is 6.92 Å². The van der Waals surface area contributed by atoms with Crippen molar-refractivity contribution < 1.29 is 4.74 Å². The first-order valence-corrected chi connectivity index (χ1v) is 5.71. The van der Waals surface area contributed by atoms with E-state index >= 15 is 0 Å². The molecule has 0 fully saturated rings. The Morgan fingerprint density at radius 1 is 1.50 bits per heavy atom. The van der Waals surface area contributed by atoms with Gasteiger partial charge in [-0.2, -0.15) is 0 Å².